The second-order valence-corrected chi connectivity index (χ2v) is 7.74. The lowest BCUT2D eigenvalue weighted by atomic mass is 10.0. The predicted octanol–water partition coefficient (Wildman–Crippen LogP) is 3.44. The zero-order valence-electron chi connectivity index (χ0n) is 16.5. The number of carbonyl (C=O) groups is 2. The monoisotopic (exact) mass is 416 g/mol. The second-order valence-electron chi connectivity index (χ2n) is 7.31. The molecule has 3 rings (SSSR count). The summed E-state index contributed by atoms with van der Waals surface area (Å²) in [7, 11) is 0. The topological polar surface area (TPSA) is 86.9 Å². The van der Waals surface area contributed by atoms with E-state index in [9.17, 15) is 9.59 Å². The molecule has 1 aromatic heterocycles. The van der Waals surface area contributed by atoms with Crippen molar-refractivity contribution < 1.29 is 14.0 Å². The first-order valence-corrected chi connectivity index (χ1v) is 10.1. The molecule has 0 saturated carbocycles. The van der Waals surface area contributed by atoms with E-state index in [2.05, 4.69) is 20.7 Å². The molecule has 1 atom stereocenters. The second kappa shape index (κ2) is 9.60. The van der Waals surface area contributed by atoms with Gasteiger partial charge in [-0.3, -0.25) is 9.59 Å². The highest BCUT2D eigenvalue weighted by atomic mass is 35.5. The average molecular weight is 417 g/mol. The zero-order valence-corrected chi connectivity index (χ0v) is 17.3. The van der Waals surface area contributed by atoms with Gasteiger partial charge in [0.1, 0.15) is 11.8 Å². The van der Waals surface area contributed by atoms with E-state index in [0.717, 1.165) is 19.0 Å². The first kappa shape index (κ1) is 20.9. The number of hydrogen-bond acceptors (Lipinski definition) is 5. The smallest absolute Gasteiger partial charge is 0.262 e. The minimum atomic E-state index is -0.730. The van der Waals surface area contributed by atoms with Gasteiger partial charge >= 0.3 is 0 Å². The van der Waals surface area contributed by atoms with Gasteiger partial charge in [-0.2, -0.15) is 5.10 Å². The van der Waals surface area contributed by atoms with Crippen LogP contribution in [0.2, 0.25) is 5.02 Å². The van der Waals surface area contributed by atoms with Crippen molar-refractivity contribution in [1.82, 2.24) is 10.7 Å². The maximum Gasteiger partial charge on any atom is 0.262 e. The number of nitrogens with zero attached hydrogens (tertiary/aromatic N) is 2. The molecular formula is C21H25ClN4O3. The number of hydrazone groups is 1. The van der Waals surface area contributed by atoms with Crippen LogP contribution in [0.15, 0.2) is 45.9 Å². The molecule has 1 aliphatic rings. The normalized spacial score (nSPS) is 15.1. The quantitative estimate of drug-likeness (QED) is 0.534. The molecule has 1 saturated heterocycles. The summed E-state index contributed by atoms with van der Waals surface area (Å²) in [4.78, 5) is 27.1. The predicted molar refractivity (Wildman–Crippen MR) is 113 cm³/mol. The Bertz CT molecular complexity index is 870. The summed E-state index contributed by atoms with van der Waals surface area (Å²) in [5.74, 6) is 0.501. The van der Waals surface area contributed by atoms with Crippen LogP contribution < -0.4 is 15.6 Å². The number of halogens is 1. The van der Waals surface area contributed by atoms with Gasteiger partial charge < -0.3 is 14.6 Å². The number of rotatable bonds is 7. The molecule has 2 amide bonds. The van der Waals surface area contributed by atoms with Crippen molar-refractivity contribution in [1.29, 1.82) is 0 Å². The fourth-order valence-corrected chi connectivity index (χ4v) is 3.23. The lowest BCUT2D eigenvalue weighted by Crippen LogP contribution is -2.48. The van der Waals surface area contributed by atoms with Gasteiger partial charge in [-0.1, -0.05) is 25.4 Å². The van der Waals surface area contributed by atoms with Crippen molar-refractivity contribution in [3.8, 4) is 0 Å². The van der Waals surface area contributed by atoms with Crippen molar-refractivity contribution in [3.05, 3.63) is 52.7 Å². The third-order valence-corrected chi connectivity index (χ3v) is 4.99. The number of benzene rings is 1. The fourth-order valence-electron chi connectivity index (χ4n) is 3.11. The zero-order chi connectivity index (χ0) is 20.8. The minimum Gasteiger partial charge on any atom is -0.440 e. The SMILES string of the molecule is CC(C)C(NC(=O)c1ccc(Cl)cc1)C(=O)N/N=C/c1ccc(N2CCCC2)o1. The number of anilines is 1. The van der Waals surface area contributed by atoms with Gasteiger partial charge in [0.15, 0.2) is 5.88 Å². The molecule has 1 unspecified atom stereocenters. The molecule has 8 heteroatoms. The van der Waals surface area contributed by atoms with E-state index in [4.69, 9.17) is 16.0 Å². The molecular weight excluding hydrogens is 392 g/mol. The summed E-state index contributed by atoms with van der Waals surface area (Å²) in [6.45, 7) is 5.68. The van der Waals surface area contributed by atoms with Crippen molar-refractivity contribution in [2.45, 2.75) is 32.7 Å². The van der Waals surface area contributed by atoms with Crippen LogP contribution in [0.1, 0.15) is 42.8 Å². The number of nitrogens with one attached hydrogen (secondary N) is 2. The molecule has 0 spiro atoms. The minimum absolute atomic E-state index is 0.119. The van der Waals surface area contributed by atoms with Crippen LogP contribution in [0.3, 0.4) is 0 Å². The molecule has 0 aliphatic carbocycles. The van der Waals surface area contributed by atoms with Gasteiger partial charge in [0.25, 0.3) is 11.8 Å². The van der Waals surface area contributed by atoms with Gasteiger partial charge in [0.2, 0.25) is 0 Å². The molecule has 7 nitrogen and oxygen atoms in total. The van der Waals surface area contributed by atoms with E-state index in [0.29, 0.717) is 16.3 Å². The van der Waals surface area contributed by atoms with Crippen LogP contribution in [0.25, 0.3) is 0 Å². The summed E-state index contributed by atoms with van der Waals surface area (Å²) in [6.07, 6.45) is 3.78. The average Bonchev–Trinajstić information content (AvgIpc) is 3.37. The summed E-state index contributed by atoms with van der Waals surface area (Å²) >= 11 is 5.85. The molecule has 2 N–H and O–H groups in total. The van der Waals surface area contributed by atoms with E-state index in [-0.39, 0.29) is 11.8 Å². The van der Waals surface area contributed by atoms with Crippen molar-refractivity contribution in [2.24, 2.45) is 11.0 Å². The number of furan rings is 1. The highest BCUT2D eigenvalue weighted by Crippen LogP contribution is 2.22. The van der Waals surface area contributed by atoms with E-state index in [1.165, 1.54) is 19.1 Å². The third-order valence-electron chi connectivity index (χ3n) is 4.74. The van der Waals surface area contributed by atoms with Gasteiger partial charge in [0.05, 0.1) is 6.21 Å². The van der Waals surface area contributed by atoms with Crippen LogP contribution in [0.5, 0.6) is 0 Å². The molecule has 1 aliphatic heterocycles. The Balaban J connectivity index is 1.57. The molecule has 0 bridgehead atoms. The number of amides is 2. The summed E-state index contributed by atoms with van der Waals surface area (Å²) in [5.41, 5.74) is 2.91. The summed E-state index contributed by atoms with van der Waals surface area (Å²) < 4.78 is 5.73. The van der Waals surface area contributed by atoms with Crippen molar-refractivity contribution in [3.63, 3.8) is 0 Å². The highest BCUT2D eigenvalue weighted by molar-refractivity contribution is 6.30. The van der Waals surface area contributed by atoms with Crippen LogP contribution >= 0.6 is 11.6 Å². The van der Waals surface area contributed by atoms with Gasteiger partial charge in [0, 0.05) is 29.7 Å². The highest BCUT2D eigenvalue weighted by Gasteiger charge is 2.24. The molecule has 2 aromatic rings. The lowest BCUT2D eigenvalue weighted by molar-refractivity contribution is -0.123. The Morgan fingerprint density at radius 2 is 1.83 bits per heavy atom. The number of hydrogen-bond donors (Lipinski definition) is 2. The van der Waals surface area contributed by atoms with Gasteiger partial charge in [-0.25, -0.2) is 5.43 Å². The van der Waals surface area contributed by atoms with E-state index in [1.807, 2.05) is 26.0 Å². The standard InChI is InChI=1S/C21H25ClN4O3/c1-14(2)19(24-20(27)15-5-7-16(22)8-6-15)21(28)25-23-13-17-9-10-18(29-17)26-11-3-4-12-26/h5-10,13-14,19H,3-4,11-12H2,1-2H3,(H,24,27)(H,25,28)/b23-13+. The van der Waals surface area contributed by atoms with E-state index < -0.39 is 11.9 Å². The molecule has 1 aromatic carbocycles. The Kier molecular flexibility index (Phi) is 6.93. The molecule has 29 heavy (non-hydrogen) atoms. The summed E-state index contributed by atoms with van der Waals surface area (Å²) in [6, 6.07) is 9.46. The maximum atomic E-state index is 12.5. The van der Waals surface area contributed by atoms with Crippen LogP contribution in [0.4, 0.5) is 5.88 Å². The Morgan fingerprint density at radius 1 is 1.14 bits per heavy atom. The van der Waals surface area contributed by atoms with E-state index >= 15 is 0 Å². The van der Waals surface area contributed by atoms with Crippen LogP contribution in [-0.2, 0) is 4.79 Å². The summed E-state index contributed by atoms with van der Waals surface area (Å²) in [5, 5.41) is 7.26. The van der Waals surface area contributed by atoms with Gasteiger partial charge in [-0.05, 0) is 49.1 Å². The molecule has 154 valence electrons. The lowest BCUT2D eigenvalue weighted by Gasteiger charge is -2.20. The van der Waals surface area contributed by atoms with Crippen molar-refractivity contribution >= 4 is 35.5 Å². The Hall–Kier alpha value is -2.80. The molecule has 2 heterocycles. The van der Waals surface area contributed by atoms with E-state index in [1.54, 1.807) is 24.3 Å². The largest absolute Gasteiger partial charge is 0.440 e. The first-order valence-electron chi connectivity index (χ1n) is 9.68. The fraction of sp³-hybridized carbons (Fsp3) is 0.381. The molecule has 0 radical (unpaired) electrons. The van der Waals surface area contributed by atoms with Gasteiger partial charge in [-0.15, -0.1) is 0 Å². The van der Waals surface area contributed by atoms with Crippen LogP contribution in [-0.4, -0.2) is 37.2 Å². The Labute approximate surface area is 175 Å². The Morgan fingerprint density at radius 3 is 2.48 bits per heavy atom. The maximum absolute atomic E-state index is 12.5. The third kappa shape index (κ3) is 5.60. The first-order chi connectivity index (χ1) is 13.9. The number of carbonyl (C=O) groups excluding carboxylic acids is 2. The van der Waals surface area contributed by atoms with Crippen LogP contribution in [0, 0.1) is 5.92 Å². The molecule has 1 fully saturated rings. The van der Waals surface area contributed by atoms with Crippen molar-refractivity contribution in [2.75, 3.05) is 18.0 Å².